The van der Waals surface area contributed by atoms with Gasteiger partial charge in [-0.2, -0.15) is 0 Å². The van der Waals surface area contributed by atoms with Gasteiger partial charge in [0.25, 0.3) is 0 Å². The quantitative estimate of drug-likeness (QED) is 0.821. The molecule has 0 spiro atoms. The molecule has 0 aliphatic carbocycles. The molecule has 0 radical (unpaired) electrons. The van der Waals surface area contributed by atoms with E-state index in [1.54, 1.807) is 0 Å². The molecule has 1 amide bonds. The summed E-state index contributed by atoms with van der Waals surface area (Å²) in [6, 6.07) is 5.85. The predicted octanol–water partition coefficient (Wildman–Crippen LogP) is 2.26. The molecular formula is C15H25N3O. The molecule has 0 fully saturated rings. The summed E-state index contributed by atoms with van der Waals surface area (Å²) in [6.45, 7) is 7.28. The first-order valence-corrected chi connectivity index (χ1v) is 7.02. The maximum absolute atomic E-state index is 12.2. The fraction of sp³-hybridized carbons (Fsp3) is 0.600. The number of nitrogens with zero attached hydrogens (tertiary/aromatic N) is 2. The molecule has 0 saturated carbocycles. The molecule has 2 N–H and O–H groups in total. The third-order valence-corrected chi connectivity index (χ3v) is 3.13. The third-order valence-electron chi connectivity index (χ3n) is 3.13. The van der Waals surface area contributed by atoms with Gasteiger partial charge in [0.2, 0.25) is 5.91 Å². The van der Waals surface area contributed by atoms with Crippen LogP contribution in [-0.2, 0) is 11.3 Å². The maximum atomic E-state index is 12.2. The van der Waals surface area contributed by atoms with Crippen molar-refractivity contribution in [3.05, 3.63) is 29.6 Å². The van der Waals surface area contributed by atoms with Crippen LogP contribution in [0.2, 0.25) is 0 Å². The van der Waals surface area contributed by atoms with E-state index in [0.717, 1.165) is 24.2 Å². The molecule has 0 bridgehead atoms. The Bertz CT molecular complexity index is 406. The summed E-state index contributed by atoms with van der Waals surface area (Å²) in [4.78, 5) is 18.4. The Morgan fingerprint density at radius 2 is 2.16 bits per heavy atom. The molecule has 0 saturated heterocycles. The highest BCUT2D eigenvalue weighted by molar-refractivity contribution is 5.76. The summed E-state index contributed by atoms with van der Waals surface area (Å²) >= 11 is 0. The molecule has 106 valence electrons. The molecule has 19 heavy (non-hydrogen) atoms. The SMILES string of the molecule is CCCC(N)CC(=O)N(CC)Cc1cccc(C)n1. The summed E-state index contributed by atoms with van der Waals surface area (Å²) < 4.78 is 0. The largest absolute Gasteiger partial charge is 0.337 e. The number of carbonyl (C=O) groups excluding carboxylic acids is 1. The van der Waals surface area contributed by atoms with Crippen molar-refractivity contribution in [2.24, 2.45) is 5.73 Å². The van der Waals surface area contributed by atoms with Crippen molar-refractivity contribution in [1.29, 1.82) is 0 Å². The number of aromatic nitrogens is 1. The zero-order chi connectivity index (χ0) is 14.3. The van der Waals surface area contributed by atoms with Gasteiger partial charge in [0.05, 0.1) is 12.2 Å². The Kier molecular flexibility index (Phi) is 6.50. The van der Waals surface area contributed by atoms with Gasteiger partial charge in [0, 0.05) is 24.7 Å². The first kappa shape index (κ1) is 15.6. The van der Waals surface area contributed by atoms with Crippen molar-refractivity contribution in [3.63, 3.8) is 0 Å². The molecule has 1 atom stereocenters. The summed E-state index contributed by atoms with van der Waals surface area (Å²) in [6.07, 6.45) is 2.33. The van der Waals surface area contributed by atoms with E-state index < -0.39 is 0 Å². The van der Waals surface area contributed by atoms with Crippen molar-refractivity contribution in [3.8, 4) is 0 Å². The van der Waals surface area contributed by atoms with Gasteiger partial charge < -0.3 is 10.6 Å². The first-order valence-electron chi connectivity index (χ1n) is 7.02. The summed E-state index contributed by atoms with van der Waals surface area (Å²) in [5.74, 6) is 0.117. The van der Waals surface area contributed by atoms with Crippen LogP contribution in [0.15, 0.2) is 18.2 Å². The lowest BCUT2D eigenvalue weighted by atomic mass is 10.1. The van der Waals surface area contributed by atoms with Gasteiger partial charge in [-0.1, -0.05) is 19.4 Å². The lowest BCUT2D eigenvalue weighted by Gasteiger charge is -2.22. The molecule has 4 nitrogen and oxygen atoms in total. The van der Waals surface area contributed by atoms with Crippen molar-refractivity contribution in [1.82, 2.24) is 9.88 Å². The van der Waals surface area contributed by atoms with Crippen LogP contribution in [-0.4, -0.2) is 28.4 Å². The number of nitrogens with two attached hydrogens (primary N) is 1. The molecular weight excluding hydrogens is 238 g/mol. The van der Waals surface area contributed by atoms with E-state index in [0.29, 0.717) is 19.5 Å². The standard InChI is InChI=1S/C15H25N3O/c1-4-7-13(16)10-15(19)18(5-2)11-14-9-6-8-12(3)17-14/h6,8-9,13H,4-5,7,10-11,16H2,1-3H3. The topological polar surface area (TPSA) is 59.2 Å². The Morgan fingerprint density at radius 3 is 2.74 bits per heavy atom. The van der Waals surface area contributed by atoms with Gasteiger partial charge in [0.1, 0.15) is 0 Å². The van der Waals surface area contributed by atoms with E-state index in [9.17, 15) is 4.79 Å². The van der Waals surface area contributed by atoms with Gasteiger partial charge in [-0.25, -0.2) is 0 Å². The Hall–Kier alpha value is -1.42. The van der Waals surface area contributed by atoms with Crippen LogP contribution < -0.4 is 5.73 Å². The van der Waals surface area contributed by atoms with Crippen molar-refractivity contribution in [2.45, 2.75) is 52.6 Å². The zero-order valence-corrected chi connectivity index (χ0v) is 12.2. The minimum atomic E-state index is -0.0305. The summed E-state index contributed by atoms with van der Waals surface area (Å²) in [5.41, 5.74) is 7.84. The molecule has 1 aromatic heterocycles. The molecule has 0 aliphatic heterocycles. The van der Waals surface area contributed by atoms with Crippen LogP contribution >= 0.6 is 0 Å². The van der Waals surface area contributed by atoms with Gasteiger partial charge in [-0.3, -0.25) is 9.78 Å². The fourth-order valence-corrected chi connectivity index (χ4v) is 2.09. The van der Waals surface area contributed by atoms with Crippen molar-refractivity contribution < 1.29 is 4.79 Å². The van der Waals surface area contributed by atoms with E-state index in [-0.39, 0.29) is 11.9 Å². The van der Waals surface area contributed by atoms with E-state index in [1.165, 1.54) is 0 Å². The number of aryl methyl sites for hydroxylation is 1. The number of pyridine rings is 1. The highest BCUT2D eigenvalue weighted by atomic mass is 16.2. The monoisotopic (exact) mass is 263 g/mol. The average Bonchev–Trinajstić information content (AvgIpc) is 2.36. The van der Waals surface area contributed by atoms with Gasteiger partial charge in [0.15, 0.2) is 0 Å². The Balaban J connectivity index is 2.60. The molecule has 1 unspecified atom stereocenters. The number of carbonyl (C=O) groups is 1. The number of hydrogen-bond acceptors (Lipinski definition) is 3. The van der Waals surface area contributed by atoms with Crippen molar-refractivity contribution >= 4 is 5.91 Å². The smallest absolute Gasteiger partial charge is 0.224 e. The second kappa shape index (κ2) is 7.89. The molecule has 1 rings (SSSR count). The second-order valence-corrected chi connectivity index (χ2v) is 4.93. The summed E-state index contributed by atoms with van der Waals surface area (Å²) in [7, 11) is 0. The Labute approximate surface area is 116 Å². The van der Waals surface area contributed by atoms with Crippen LogP contribution in [0.1, 0.15) is 44.5 Å². The number of rotatable bonds is 7. The molecule has 0 aromatic carbocycles. The first-order chi connectivity index (χ1) is 9.06. The van der Waals surface area contributed by atoms with Gasteiger partial charge in [-0.15, -0.1) is 0 Å². The average molecular weight is 263 g/mol. The maximum Gasteiger partial charge on any atom is 0.224 e. The zero-order valence-electron chi connectivity index (χ0n) is 12.2. The second-order valence-electron chi connectivity index (χ2n) is 4.93. The minimum Gasteiger partial charge on any atom is -0.337 e. The van der Waals surface area contributed by atoms with Crippen LogP contribution in [0.3, 0.4) is 0 Å². The van der Waals surface area contributed by atoms with Crippen LogP contribution in [0.5, 0.6) is 0 Å². The molecule has 0 aliphatic rings. The Morgan fingerprint density at radius 1 is 1.42 bits per heavy atom. The van der Waals surface area contributed by atoms with E-state index in [1.807, 2.05) is 36.9 Å². The third kappa shape index (κ3) is 5.39. The van der Waals surface area contributed by atoms with Crippen molar-refractivity contribution in [2.75, 3.05) is 6.54 Å². The highest BCUT2D eigenvalue weighted by Crippen LogP contribution is 2.07. The van der Waals surface area contributed by atoms with Crippen LogP contribution in [0.4, 0.5) is 0 Å². The molecule has 4 heteroatoms. The summed E-state index contributed by atoms with van der Waals surface area (Å²) in [5, 5.41) is 0. The highest BCUT2D eigenvalue weighted by Gasteiger charge is 2.16. The lowest BCUT2D eigenvalue weighted by molar-refractivity contribution is -0.132. The predicted molar refractivity (Wildman–Crippen MR) is 77.6 cm³/mol. The molecule has 1 aromatic rings. The van der Waals surface area contributed by atoms with Crippen LogP contribution in [0.25, 0.3) is 0 Å². The number of hydrogen-bond donors (Lipinski definition) is 1. The fourth-order valence-electron chi connectivity index (χ4n) is 2.09. The number of amides is 1. The van der Waals surface area contributed by atoms with E-state index in [2.05, 4.69) is 11.9 Å². The normalized spacial score (nSPS) is 12.2. The minimum absolute atomic E-state index is 0.0305. The van der Waals surface area contributed by atoms with Gasteiger partial charge >= 0.3 is 0 Å². The van der Waals surface area contributed by atoms with E-state index >= 15 is 0 Å². The van der Waals surface area contributed by atoms with Gasteiger partial charge in [-0.05, 0) is 32.4 Å². The van der Waals surface area contributed by atoms with Crippen LogP contribution in [0, 0.1) is 6.92 Å². The molecule has 1 heterocycles. The van der Waals surface area contributed by atoms with E-state index in [4.69, 9.17) is 5.73 Å². The lowest BCUT2D eigenvalue weighted by Crippen LogP contribution is -2.35.